The van der Waals surface area contributed by atoms with Crippen LogP contribution in [0.3, 0.4) is 0 Å². The molecule has 0 aliphatic carbocycles. The van der Waals surface area contributed by atoms with Gasteiger partial charge in [-0.1, -0.05) is 19.0 Å². The van der Waals surface area contributed by atoms with Gasteiger partial charge in [-0.25, -0.2) is 4.68 Å². The fourth-order valence-corrected chi connectivity index (χ4v) is 2.78. The molecule has 1 aliphatic heterocycles. The number of rotatable bonds is 5. The fourth-order valence-electron chi connectivity index (χ4n) is 2.78. The zero-order chi connectivity index (χ0) is 16.2. The molecule has 124 valence electrons. The predicted octanol–water partition coefficient (Wildman–Crippen LogP) is 0.661. The van der Waals surface area contributed by atoms with Crippen molar-refractivity contribution in [3.8, 4) is 0 Å². The van der Waals surface area contributed by atoms with Crippen LogP contribution in [0.2, 0.25) is 0 Å². The van der Waals surface area contributed by atoms with Crippen molar-refractivity contribution >= 4 is 5.91 Å². The van der Waals surface area contributed by atoms with Crippen molar-refractivity contribution < 1.29 is 9.32 Å². The third kappa shape index (κ3) is 3.91. The first-order valence-electron chi connectivity index (χ1n) is 7.93. The smallest absolute Gasteiger partial charge is 0.244 e. The van der Waals surface area contributed by atoms with E-state index in [9.17, 15) is 4.79 Å². The third-order valence-corrected chi connectivity index (χ3v) is 3.89. The molecule has 0 radical (unpaired) electrons. The maximum Gasteiger partial charge on any atom is 0.244 e. The molecule has 1 amide bonds. The average molecular weight is 319 g/mol. The van der Waals surface area contributed by atoms with Gasteiger partial charge in [0.05, 0.1) is 5.92 Å². The molecular formula is C14H21N7O2. The minimum Gasteiger partial charge on any atom is -0.340 e. The van der Waals surface area contributed by atoms with Crippen molar-refractivity contribution in [2.75, 3.05) is 13.1 Å². The summed E-state index contributed by atoms with van der Waals surface area (Å²) in [6, 6.07) is 0. The number of nitrogens with zero attached hydrogens (tertiary/aromatic N) is 7. The van der Waals surface area contributed by atoms with E-state index in [1.165, 1.54) is 11.0 Å². The SMILES string of the molecule is CC(C)Cc1noc([C@H]2CCCN(C(=O)Cn3cnnn3)C2)n1. The van der Waals surface area contributed by atoms with E-state index in [4.69, 9.17) is 4.52 Å². The van der Waals surface area contributed by atoms with Gasteiger partial charge in [0.2, 0.25) is 11.8 Å². The molecule has 1 atom stereocenters. The number of likely N-dealkylation sites (tertiary alicyclic amines) is 1. The number of tetrazole rings is 1. The number of carbonyl (C=O) groups is 1. The van der Waals surface area contributed by atoms with Crippen LogP contribution in [0.25, 0.3) is 0 Å². The molecule has 3 heterocycles. The van der Waals surface area contributed by atoms with Crippen LogP contribution in [-0.2, 0) is 17.8 Å². The van der Waals surface area contributed by atoms with Crippen molar-refractivity contribution in [1.82, 2.24) is 35.2 Å². The summed E-state index contributed by atoms with van der Waals surface area (Å²) in [6.45, 7) is 5.74. The van der Waals surface area contributed by atoms with Gasteiger partial charge in [-0.05, 0) is 29.2 Å². The summed E-state index contributed by atoms with van der Waals surface area (Å²) in [5, 5.41) is 14.8. The second-order valence-electron chi connectivity index (χ2n) is 6.33. The number of amides is 1. The molecule has 23 heavy (non-hydrogen) atoms. The molecule has 1 aliphatic rings. The number of carbonyl (C=O) groups excluding carboxylic acids is 1. The molecule has 2 aromatic rings. The normalized spacial score (nSPS) is 18.6. The van der Waals surface area contributed by atoms with Crippen molar-refractivity contribution in [2.45, 2.75) is 45.6 Å². The molecule has 3 rings (SSSR count). The molecule has 0 N–H and O–H groups in total. The zero-order valence-corrected chi connectivity index (χ0v) is 13.4. The summed E-state index contributed by atoms with van der Waals surface area (Å²) in [4.78, 5) is 18.6. The quantitative estimate of drug-likeness (QED) is 0.797. The number of hydrogen-bond acceptors (Lipinski definition) is 7. The van der Waals surface area contributed by atoms with Crippen LogP contribution in [0.15, 0.2) is 10.9 Å². The first-order chi connectivity index (χ1) is 11.1. The summed E-state index contributed by atoms with van der Waals surface area (Å²) < 4.78 is 6.83. The molecule has 0 bridgehead atoms. The van der Waals surface area contributed by atoms with Crippen LogP contribution in [0.5, 0.6) is 0 Å². The highest BCUT2D eigenvalue weighted by Crippen LogP contribution is 2.26. The molecule has 2 aromatic heterocycles. The lowest BCUT2D eigenvalue weighted by atomic mass is 9.98. The van der Waals surface area contributed by atoms with Gasteiger partial charge in [-0.3, -0.25) is 4.79 Å². The largest absolute Gasteiger partial charge is 0.340 e. The van der Waals surface area contributed by atoms with Crippen molar-refractivity contribution in [3.63, 3.8) is 0 Å². The maximum atomic E-state index is 12.3. The van der Waals surface area contributed by atoms with Gasteiger partial charge in [0.1, 0.15) is 12.9 Å². The van der Waals surface area contributed by atoms with E-state index in [2.05, 4.69) is 39.5 Å². The van der Waals surface area contributed by atoms with Crippen LogP contribution in [0.4, 0.5) is 0 Å². The van der Waals surface area contributed by atoms with Crippen molar-refractivity contribution in [1.29, 1.82) is 0 Å². The highest BCUT2D eigenvalue weighted by Gasteiger charge is 2.28. The van der Waals surface area contributed by atoms with E-state index < -0.39 is 0 Å². The second-order valence-corrected chi connectivity index (χ2v) is 6.33. The molecule has 0 spiro atoms. The first kappa shape index (κ1) is 15.6. The Kier molecular flexibility index (Phi) is 4.63. The summed E-state index contributed by atoms with van der Waals surface area (Å²) in [7, 11) is 0. The van der Waals surface area contributed by atoms with E-state index in [1.807, 2.05) is 4.90 Å². The van der Waals surface area contributed by atoms with Crippen molar-refractivity contribution in [3.05, 3.63) is 18.0 Å². The minimum absolute atomic E-state index is 0.00363. The Morgan fingerprint density at radius 1 is 1.48 bits per heavy atom. The summed E-state index contributed by atoms with van der Waals surface area (Å²) in [6.07, 6.45) is 4.12. The highest BCUT2D eigenvalue weighted by atomic mass is 16.5. The van der Waals surface area contributed by atoms with Gasteiger partial charge in [0.15, 0.2) is 5.82 Å². The Labute approximate surface area is 134 Å². The average Bonchev–Trinajstić information content (AvgIpc) is 3.18. The molecule has 0 aromatic carbocycles. The molecule has 1 fully saturated rings. The van der Waals surface area contributed by atoms with Gasteiger partial charge in [0, 0.05) is 19.5 Å². The van der Waals surface area contributed by atoms with Crippen LogP contribution in [0.1, 0.15) is 44.3 Å². The Morgan fingerprint density at radius 2 is 2.35 bits per heavy atom. The van der Waals surface area contributed by atoms with Crippen LogP contribution < -0.4 is 0 Å². The first-order valence-corrected chi connectivity index (χ1v) is 7.93. The Bertz CT molecular complexity index is 637. The molecule has 9 heteroatoms. The van der Waals surface area contributed by atoms with Gasteiger partial charge >= 0.3 is 0 Å². The van der Waals surface area contributed by atoms with E-state index >= 15 is 0 Å². The number of piperidine rings is 1. The maximum absolute atomic E-state index is 12.3. The zero-order valence-electron chi connectivity index (χ0n) is 13.4. The van der Waals surface area contributed by atoms with Crippen molar-refractivity contribution in [2.24, 2.45) is 5.92 Å². The number of hydrogen-bond donors (Lipinski definition) is 0. The number of aromatic nitrogens is 6. The third-order valence-electron chi connectivity index (χ3n) is 3.89. The topological polar surface area (TPSA) is 103 Å². The van der Waals surface area contributed by atoms with Crippen LogP contribution in [0, 0.1) is 5.92 Å². The van der Waals surface area contributed by atoms with Gasteiger partial charge in [0.25, 0.3) is 0 Å². The molecule has 0 saturated carbocycles. The lowest BCUT2D eigenvalue weighted by Gasteiger charge is -2.30. The van der Waals surface area contributed by atoms with E-state index in [0.29, 0.717) is 18.4 Å². The monoisotopic (exact) mass is 319 g/mol. The standard InChI is InChI=1S/C14H21N7O2/c1-10(2)6-12-16-14(23-17-12)11-4-3-5-20(7-11)13(22)8-21-9-15-18-19-21/h9-11H,3-8H2,1-2H3/t11-/m0/s1. The lowest BCUT2D eigenvalue weighted by molar-refractivity contribution is -0.133. The second kappa shape index (κ2) is 6.84. The summed E-state index contributed by atoms with van der Waals surface area (Å²) in [5.41, 5.74) is 0. The van der Waals surface area contributed by atoms with Gasteiger partial charge in [-0.15, -0.1) is 5.10 Å². The lowest BCUT2D eigenvalue weighted by Crippen LogP contribution is -2.41. The predicted molar refractivity (Wildman–Crippen MR) is 79.2 cm³/mol. The molecule has 1 saturated heterocycles. The summed E-state index contributed by atoms with van der Waals surface area (Å²) >= 11 is 0. The summed E-state index contributed by atoms with van der Waals surface area (Å²) in [5.74, 6) is 1.98. The highest BCUT2D eigenvalue weighted by molar-refractivity contribution is 5.76. The van der Waals surface area contributed by atoms with Gasteiger partial charge < -0.3 is 9.42 Å². The van der Waals surface area contributed by atoms with E-state index in [-0.39, 0.29) is 18.4 Å². The van der Waals surface area contributed by atoms with Gasteiger partial charge in [-0.2, -0.15) is 4.98 Å². The van der Waals surface area contributed by atoms with Crippen LogP contribution in [-0.4, -0.2) is 54.2 Å². The van der Waals surface area contributed by atoms with E-state index in [1.54, 1.807) is 0 Å². The fraction of sp³-hybridized carbons (Fsp3) is 0.714. The minimum atomic E-state index is 0.00363. The Hall–Kier alpha value is -2.32. The molecule has 0 unspecified atom stereocenters. The molecular weight excluding hydrogens is 298 g/mol. The Morgan fingerprint density at radius 3 is 3.09 bits per heavy atom. The molecule has 9 nitrogen and oxygen atoms in total. The Balaban J connectivity index is 1.61. The van der Waals surface area contributed by atoms with E-state index in [0.717, 1.165) is 31.6 Å². The van der Waals surface area contributed by atoms with Crippen LogP contribution >= 0.6 is 0 Å².